The zero-order chi connectivity index (χ0) is 30.1. The van der Waals surface area contributed by atoms with Crippen LogP contribution >= 0.6 is 0 Å². The highest BCUT2D eigenvalue weighted by Crippen LogP contribution is 2.21. The van der Waals surface area contributed by atoms with Crippen molar-refractivity contribution in [3.63, 3.8) is 0 Å². The van der Waals surface area contributed by atoms with Crippen LogP contribution in [0.15, 0.2) is 95.8 Å². The maximum atomic E-state index is 13.6. The fourth-order valence-corrected chi connectivity index (χ4v) is 5.04. The number of carbonyl (C=O) groups is 3. The fourth-order valence-electron chi connectivity index (χ4n) is 4.65. The molecule has 2 aromatic rings. The molecule has 0 aromatic heterocycles. The summed E-state index contributed by atoms with van der Waals surface area (Å²) in [6.07, 6.45) is 9.21. The van der Waals surface area contributed by atoms with E-state index in [1.807, 2.05) is 0 Å². The molecule has 0 atom stereocenters. The smallest absolute Gasteiger partial charge is 0.224 e. The molecule has 1 N–H and O–H groups in total. The van der Waals surface area contributed by atoms with Crippen LogP contribution < -0.4 is 5.32 Å². The number of carbonyl (C=O) groups excluding carboxylic acids is 3. The number of halogens is 2. The third-order valence-corrected chi connectivity index (χ3v) is 7.60. The summed E-state index contributed by atoms with van der Waals surface area (Å²) in [5, 5.41) is 2.70. The molecule has 0 radical (unpaired) electrons. The number of benzene rings is 2. The molecule has 42 heavy (non-hydrogen) atoms. The molecule has 2 amide bonds. The van der Waals surface area contributed by atoms with Crippen LogP contribution in [0.4, 0.5) is 8.78 Å². The lowest BCUT2D eigenvalue weighted by atomic mass is 9.94. The molecule has 10 heteroatoms. The molecular formula is C32H30F2N2O5S. The maximum Gasteiger partial charge on any atom is 0.224 e. The molecule has 0 spiro atoms. The normalized spacial score (nSPS) is 17.0. The number of rotatable bonds is 9. The predicted octanol–water partition coefficient (Wildman–Crippen LogP) is 4.20. The Morgan fingerprint density at radius 1 is 0.881 bits per heavy atom. The Hall–Kier alpha value is -4.44. The Morgan fingerprint density at radius 2 is 1.48 bits per heavy atom. The minimum atomic E-state index is -2.30. The molecule has 1 heterocycles. The fraction of sp³-hybridized carbons (Fsp3) is 0.250. The summed E-state index contributed by atoms with van der Waals surface area (Å²) < 4.78 is 49.3. The van der Waals surface area contributed by atoms with Crippen LogP contribution in [0.3, 0.4) is 0 Å². The van der Waals surface area contributed by atoms with Gasteiger partial charge in [-0.15, -0.1) is 0 Å². The minimum Gasteiger partial charge on any atom is -0.334 e. The van der Waals surface area contributed by atoms with Gasteiger partial charge in [0.25, 0.3) is 0 Å². The third-order valence-electron chi connectivity index (χ3n) is 6.87. The van der Waals surface area contributed by atoms with Gasteiger partial charge >= 0.3 is 0 Å². The van der Waals surface area contributed by atoms with Crippen LogP contribution in [-0.4, -0.2) is 48.9 Å². The summed E-state index contributed by atoms with van der Waals surface area (Å²) in [6.45, 7) is 0.183. The molecule has 2 aromatic carbocycles. The van der Waals surface area contributed by atoms with E-state index in [9.17, 15) is 31.6 Å². The first-order valence-electron chi connectivity index (χ1n) is 13.5. The molecule has 0 bridgehead atoms. The number of nitrogens with one attached hydrogen (secondary N) is 1. The number of hydrogen-bond acceptors (Lipinski definition) is 5. The van der Waals surface area contributed by atoms with Crippen molar-refractivity contribution in [2.45, 2.75) is 38.5 Å². The van der Waals surface area contributed by atoms with Gasteiger partial charge in [-0.3, -0.25) is 14.4 Å². The second-order valence-corrected chi connectivity index (χ2v) is 11.0. The van der Waals surface area contributed by atoms with E-state index in [4.69, 9.17) is 0 Å². The summed E-state index contributed by atoms with van der Waals surface area (Å²) in [7, 11) is -2.30. The summed E-state index contributed by atoms with van der Waals surface area (Å²) in [5.41, 5.74) is 2.69. The standard InChI is InChI=1S/C32H30F2N2O5S/c33-26-6-1-4-22(18-26)10-12-24-20-36(21-25(32(24)39)13-11-23-5-2-7-27(34)19-23)31(38)9-3-8-30(37)35-28-14-16-29(17-15-28)42(40)41/h1-2,4-7,12-16,18-19H,3,8-11,17,20-21H2,(H,35,37)/b24-12+,25-13+. The zero-order valence-electron chi connectivity index (χ0n) is 22.8. The van der Waals surface area contributed by atoms with Crippen LogP contribution in [-0.2, 0) is 37.5 Å². The Bertz CT molecular complexity index is 1580. The highest BCUT2D eigenvalue weighted by molar-refractivity contribution is 7.73. The number of Topliss-reactive ketones (excluding diaryl/α,β-unsaturated/α-hetero) is 1. The molecule has 1 fully saturated rings. The minimum absolute atomic E-state index is 0.0813. The second-order valence-electron chi connectivity index (χ2n) is 10.0. The van der Waals surface area contributed by atoms with Gasteiger partial charge in [-0.25, -0.2) is 8.78 Å². The Balaban J connectivity index is 1.40. The van der Waals surface area contributed by atoms with Crippen LogP contribution in [0.25, 0.3) is 0 Å². The van der Waals surface area contributed by atoms with Gasteiger partial charge < -0.3 is 10.2 Å². The Labute approximate surface area is 244 Å². The lowest BCUT2D eigenvalue weighted by molar-refractivity contribution is -0.131. The molecule has 0 saturated carbocycles. The van der Waals surface area contributed by atoms with Crippen LogP contribution in [0, 0.1) is 11.6 Å². The van der Waals surface area contributed by atoms with E-state index in [-0.39, 0.29) is 72.9 Å². The number of amides is 2. The van der Waals surface area contributed by atoms with Gasteiger partial charge in [0, 0.05) is 49.2 Å². The van der Waals surface area contributed by atoms with Crippen LogP contribution in [0.2, 0.25) is 0 Å². The molecule has 7 nitrogen and oxygen atoms in total. The Kier molecular flexibility index (Phi) is 10.5. The highest BCUT2D eigenvalue weighted by atomic mass is 32.2. The van der Waals surface area contributed by atoms with E-state index in [1.54, 1.807) is 47.4 Å². The monoisotopic (exact) mass is 592 g/mol. The SMILES string of the molecule is O=C(CCCC(=O)N1C/C(=C\Cc2cccc(F)c2)C(=O)/C(=C/Cc2cccc(F)c2)C1)NC1=CCC(=S(=O)=O)C=C1. The summed E-state index contributed by atoms with van der Waals surface area (Å²) in [5.74, 6) is -1.49. The van der Waals surface area contributed by atoms with Crippen molar-refractivity contribution in [1.29, 1.82) is 0 Å². The topological polar surface area (TPSA) is 101 Å². The van der Waals surface area contributed by atoms with Gasteiger partial charge in [0.1, 0.15) is 11.6 Å². The number of ketones is 1. The summed E-state index contributed by atoms with van der Waals surface area (Å²) in [4.78, 5) is 40.6. The highest BCUT2D eigenvalue weighted by Gasteiger charge is 2.28. The predicted molar refractivity (Wildman–Crippen MR) is 156 cm³/mol. The largest absolute Gasteiger partial charge is 0.334 e. The molecule has 2 aliphatic rings. The quantitative estimate of drug-likeness (QED) is 0.348. The zero-order valence-corrected chi connectivity index (χ0v) is 23.6. The van der Waals surface area contributed by atoms with E-state index < -0.39 is 10.3 Å². The van der Waals surface area contributed by atoms with Crippen molar-refractivity contribution >= 4 is 32.8 Å². The van der Waals surface area contributed by atoms with E-state index in [1.165, 1.54) is 36.4 Å². The van der Waals surface area contributed by atoms with Crippen molar-refractivity contribution in [3.8, 4) is 0 Å². The molecule has 1 saturated heterocycles. The van der Waals surface area contributed by atoms with Gasteiger partial charge in [-0.05, 0) is 66.8 Å². The van der Waals surface area contributed by atoms with Gasteiger partial charge in [-0.2, -0.15) is 8.42 Å². The number of allylic oxidation sites excluding steroid dienone is 5. The molecule has 1 aliphatic heterocycles. The molecule has 0 unspecified atom stereocenters. The lowest BCUT2D eigenvalue weighted by Gasteiger charge is -2.30. The van der Waals surface area contributed by atoms with E-state index >= 15 is 0 Å². The van der Waals surface area contributed by atoms with E-state index in [0.717, 1.165) is 0 Å². The lowest BCUT2D eigenvalue weighted by Crippen LogP contribution is -2.41. The number of hydrogen-bond donors (Lipinski definition) is 1. The molecular weight excluding hydrogens is 562 g/mol. The van der Waals surface area contributed by atoms with Crippen molar-refractivity contribution < 1.29 is 31.6 Å². The third kappa shape index (κ3) is 8.78. The molecule has 4 rings (SSSR count). The second kappa shape index (κ2) is 14.5. The van der Waals surface area contributed by atoms with Gasteiger partial charge in [-0.1, -0.05) is 42.5 Å². The van der Waals surface area contributed by atoms with E-state index in [2.05, 4.69) is 5.32 Å². The molecule has 1 aliphatic carbocycles. The van der Waals surface area contributed by atoms with E-state index in [0.29, 0.717) is 40.8 Å². The average molecular weight is 593 g/mol. The Morgan fingerprint density at radius 3 is 1.98 bits per heavy atom. The van der Waals surface area contributed by atoms with Crippen molar-refractivity contribution in [1.82, 2.24) is 10.2 Å². The maximum absolute atomic E-state index is 13.6. The summed E-state index contributed by atoms with van der Waals surface area (Å²) >= 11 is 0. The first kappa shape index (κ1) is 30.5. The summed E-state index contributed by atoms with van der Waals surface area (Å²) in [6, 6.07) is 12.1. The van der Waals surface area contributed by atoms with Crippen molar-refractivity contribution in [2.24, 2.45) is 0 Å². The number of nitrogens with zero attached hydrogens (tertiary/aromatic N) is 1. The first-order chi connectivity index (χ1) is 20.2. The van der Waals surface area contributed by atoms with Crippen molar-refractivity contribution in [2.75, 3.05) is 13.1 Å². The first-order valence-corrected chi connectivity index (χ1v) is 14.6. The number of piperidine rings is 1. The van der Waals surface area contributed by atoms with Crippen molar-refractivity contribution in [3.05, 3.63) is 119 Å². The van der Waals surface area contributed by atoms with Crippen LogP contribution in [0.5, 0.6) is 0 Å². The average Bonchev–Trinajstić information content (AvgIpc) is 2.96. The van der Waals surface area contributed by atoms with Gasteiger partial charge in [0.15, 0.2) is 5.78 Å². The van der Waals surface area contributed by atoms with Gasteiger partial charge in [0.2, 0.25) is 22.1 Å². The molecule has 218 valence electrons. The van der Waals surface area contributed by atoms with Gasteiger partial charge in [0.05, 0.1) is 4.86 Å². The van der Waals surface area contributed by atoms with Crippen LogP contribution in [0.1, 0.15) is 36.8 Å². The number of likely N-dealkylation sites (tertiary alicyclic amines) is 1.